The lowest BCUT2D eigenvalue weighted by Crippen LogP contribution is -2.29. The lowest BCUT2D eigenvalue weighted by Gasteiger charge is -2.22. The number of hydrogen-bond acceptors (Lipinski definition) is 6. The Bertz CT molecular complexity index is 612. The summed E-state index contributed by atoms with van der Waals surface area (Å²) >= 11 is 0. The molecule has 1 aromatic rings. The number of benzene rings is 1. The van der Waals surface area contributed by atoms with E-state index in [2.05, 4.69) is 4.99 Å². The van der Waals surface area contributed by atoms with Crippen molar-refractivity contribution in [3.8, 4) is 0 Å². The molecule has 6 nitrogen and oxygen atoms in total. The van der Waals surface area contributed by atoms with Gasteiger partial charge in [-0.25, -0.2) is 4.99 Å². The number of allylic oxidation sites excluding steroid dienone is 3. The van der Waals surface area contributed by atoms with Crippen molar-refractivity contribution in [2.45, 2.75) is 0 Å². The Morgan fingerprint density at radius 2 is 1.68 bits per heavy atom. The van der Waals surface area contributed by atoms with Crippen molar-refractivity contribution in [2.75, 3.05) is 31.2 Å². The summed E-state index contributed by atoms with van der Waals surface area (Å²) in [5.74, 6) is -0.143. The summed E-state index contributed by atoms with van der Waals surface area (Å²) in [4.78, 5) is 17.4. The number of hydrogen-bond donors (Lipinski definition) is 3. The van der Waals surface area contributed by atoms with E-state index in [4.69, 9.17) is 15.9 Å². The molecule has 0 heterocycles. The lowest BCUT2D eigenvalue weighted by atomic mass is 10.1. The highest BCUT2D eigenvalue weighted by Crippen LogP contribution is 2.21. The standard InChI is InChI=1S/C16H19N3O3/c17-15-11-14(22)5-6-16(15)18-12-1-3-13(4-2-12)19(7-9-20)8-10-21/h1-6,11,20-21H,7-10,17H2/b18-16+. The Morgan fingerprint density at radius 3 is 2.23 bits per heavy atom. The number of nitrogens with two attached hydrogens (primary N) is 1. The van der Waals surface area contributed by atoms with Gasteiger partial charge in [0.2, 0.25) is 0 Å². The van der Waals surface area contributed by atoms with Crippen LogP contribution in [0.3, 0.4) is 0 Å². The Hall–Kier alpha value is -2.44. The van der Waals surface area contributed by atoms with Crippen LogP contribution in [0.15, 0.2) is 53.2 Å². The molecule has 0 aliphatic heterocycles. The number of rotatable bonds is 6. The third-order valence-electron chi connectivity index (χ3n) is 3.20. The molecular formula is C16H19N3O3. The smallest absolute Gasteiger partial charge is 0.180 e. The molecule has 116 valence electrons. The number of aliphatic hydroxyl groups is 2. The summed E-state index contributed by atoms with van der Waals surface area (Å²) in [7, 11) is 0. The Kier molecular flexibility index (Phi) is 5.46. The molecular weight excluding hydrogens is 282 g/mol. The van der Waals surface area contributed by atoms with E-state index < -0.39 is 0 Å². The van der Waals surface area contributed by atoms with Crippen molar-refractivity contribution in [3.05, 3.63) is 48.2 Å². The van der Waals surface area contributed by atoms with Crippen molar-refractivity contribution in [3.63, 3.8) is 0 Å². The van der Waals surface area contributed by atoms with Gasteiger partial charge < -0.3 is 20.8 Å². The van der Waals surface area contributed by atoms with E-state index in [-0.39, 0.29) is 19.0 Å². The van der Waals surface area contributed by atoms with Crippen LogP contribution in [0, 0.1) is 0 Å². The minimum Gasteiger partial charge on any atom is -0.397 e. The number of aliphatic imine (C=N–C) groups is 1. The monoisotopic (exact) mass is 301 g/mol. The number of carbonyl (C=O) groups excluding carboxylic acids is 1. The van der Waals surface area contributed by atoms with Gasteiger partial charge in [-0.3, -0.25) is 4.79 Å². The van der Waals surface area contributed by atoms with Crippen LogP contribution in [0.25, 0.3) is 0 Å². The van der Waals surface area contributed by atoms with E-state index in [0.29, 0.717) is 30.2 Å². The molecule has 0 spiro atoms. The van der Waals surface area contributed by atoms with Crippen LogP contribution in [0.2, 0.25) is 0 Å². The normalized spacial score (nSPS) is 16.0. The first-order valence-electron chi connectivity index (χ1n) is 6.99. The molecule has 0 radical (unpaired) electrons. The highest BCUT2D eigenvalue weighted by Gasteiger charge is 2.09. The maximum atomic E-state index is 11.2. The maximum Gasteiger partial charge on any atom is 0.180 e. The van der Waals surface area contributed by atoms with Crippen LogP contribution in [0.5, 0.6) is 0 Å². The van der Waals surface area contributed by atoms with Crippen molar-refractivity contribution >= 4 is 22.9 Å². The molecule has 2 rings (SSSR count). The van der Waals surface area contributed by atoms with E-state index in [1.807, 2.05) is 29.2 Å². The third-order valence-corrected chi connectivity index (χ3v) is 3.20. The van der Waals surface area contributed by atoms with Gasteiger partial charge in [0.15, 0.2) is 5.78 Å². The molecule has 0 atom stereocenters. The van der Waals surface area contributed by atoms with Gasteiger partial charge in [-0.05, 0) is 36.4 Å². The van der Waals surface area contributed by atoms with Gasteiger partial charge >= 0.3 is 0 Å². The first-order chi connectivity index (χ1) is 10.6. The summed E-state index contributed by atoms with van der Waals surface area (Å²) in [5, 5.41) is 18.1. The number of carbonyl (C=O) groups is 1. The number of nitrogens with zero attached hydrogens (tertiary/aromatic N) is 2. The minimum atomic E-state index is -0.143. The van der Waals surface area contributed by atoms with Crippen molar-refractivity contribution < 1.29 is 15.0 Å². The van der Waals surface area contributed by atoms with Gasteiger partial charge in [-0.2, -0.15) is 0 Å². The van der Waals surface area contributed by atoms with Crippen molar-refractivity contribution in [1.82, 2.24) is 0 Å². The summed E-state index contributed by atoms with van der Waals surface area (Å²) in [6, 6.07) is 7.37. The largest absolute Gasteiger partial charge is 0.397 e. The third kappa shape index (κ3) is 4.03. The van der Waals surface area contributed by atoms with Crippen LogP contribution in [-0.2, 0) is 4.79 Å². The second-order valence-corrected chi connectivity index (χ2v) is 4.78. The second kappa shape index (κ2) is 7.53. The van der Waals surface area contributed by atoms with Crippen LogP contribution in [0.1, 0.15) is 0 Å². The summed E-state index contributed by atoms with van der Waals surface area (Å²) in [5.41, 5.74) is 8.27. The van der Waals surface area contributed by atoms with E-state index >= 15 is 0 Å². The fourth-order valence-electron chi connectivity index (χ4n) is 2.12. The molecule has 0 saturated carbocycles. The van der Waals surface area contributed by atoms with E-state index in [1.54, 1.807) is 6.08 Å². The average molecular weight is 301 g/mol. The number of ketones is 1. The lowest BCUT2D eigenvalue weighted by molar-refractivity contribution is -0.110. The van der Waals surface area contributed by atoms with Crippen LogP contribution >= 0.6 is 0 Å². The predicted octanol–water partition coefficient (Wildman–Crippen LogP) is 0.532. The zero-order chi connectivity index (χ0) is 15.9. The topological polar surface area (TPSA) is 99.2 Å². The highest BCUT2D eigenvalue weighted by molar-refractivity contribution is 6.19. The Balaban J connectivity index is 2.17. The summed E-state index contributed by atoms with van der Waals surface area (Å²) < 4.78 is 0. The van der Waals surface area contributed by atoms with Gasteiger partial charge in [-0.1, -0.05) is 0 Å². The zero-order valence-corrected chi connectivity index (χ0v) is 12.1. The van der Waals surface area contributed by atoms with Crippen molar-refractivity contribution in [1.29, 1.82) is 0 Å². The zero-order valence-electron chi connectivity index (χ0n) is 12.1. The second-order valence-electron chi connectivity index (χ2n) is 4.78. The molecule has 0 saturated heterocycles. The first kappa shape index (κ1) is 15.9. The number of aliphatic hydroxyl groups excluding tert-OH is 2. The Labute approximate surface area is 128 Å². The van der Waals surface area contributed by atoms with E-state index in [1.165, 1.54) is 12.2 Å². The molecule has 0 bridgehead atoms. The molecule has 0 unspecified atom stereocenters. The SMILES string of the molecule is NC1=CC(=O)C=C/C1=N\c1ccc(N(CCO)CCO)cc1. The average Bonchev–Trinajstić information content (AvgIpc) is 2.51. The first-order valence-corrected chi connectivity index (χ1v) is 6.99. The molecule has 0 fully saturated rings. The summed E-state index contributed by atoms with van der Waals surface area (Å²) in [6.07, 6.45) is 4.36. The molecule has 22 heavy (non-hydrogen) atoms. The molecule has 1 aliphatic carbocycles. The van der Waals surface area contributed by atoms with Gasteiger partial charge in [0.25, 0.3) is 0 Å². The molecule has 1 aromatic carbocycles. The van der Waals surface area contributed by atoms with E-state index in [0.717, 1.165) is 5.69 Å². The van der Waals surface area contributed by atoms with Gasteiger partial charge in [-0.15, -0.1) is 0 Å². The fourth-order valence-corrected chi connectivity index (χ4v) is 2.12. The van der Waals surface area contributed by atoms with Gasteiger partial charge in [0.05, 0.1) is 30.3 Å². The van der Waals surface area contributed by atoms with Gasteiger partial charge in [0.1, 0.15) is 0 Å². The Morgan fingerprint density at radius 1 is 1.05 bits per heavy atom. The molecule has 0 amide bonds. The fraction of sp³-hybridized carbons (Fsp3) is 0.250. The highest BCUT2D eigenvalue weighted by atomic mass is 16.3. The van der Waals surface area contributed by atoms with Crippen LogP contribution < -0.4 is 10.6 Å². The molecule has 6 heteroatoms. The quantitative estimate of drug-likeness (QED) is 0.666. The van der Waals surface area contributed by atoms with Crippen LogP contribution in [0.4, 0.5) is 11.4 Å². The predicted molar refractivity (Wildman–Crippen MR) is 86.3 cm³/mol. The molecule has 0 aromatic heterocycles. The summed E-state index contributed by atoms with van der Waals surface area (Å²) in [6.45, 7) is 0.943. The van der Waals surface area contributed by atoms with Crippen molar-refractivity contribution in [2.24, 2.45) is 10.7 Å². The maximum absolute atomic E-state index is 11.2. The minimum absolute atomic E-state index is 0.0181. The number of anilines is 1. The van der Waals surface area contributed by atoms with Gasteiger partial charge in [0, 0.05) is 24.9 Å². The van der Waals surface area contributed by atoms with E-state index in [9.17, 15) is 4.79 Å². The molecule has 4 N–H and O–H groups in total. The molecule has 1 aliphatic rings. The van der Waals surface area contributed by atoms with Crippen LogP contribution in [-0.4, -0.2) is 48.0 Å².